The van der Waals surface area contributed by atoms with Crippen molar-refractivity contribution in [1.82, 2.24) is 30.1 Å². The van der Waals surface area contributed by atoms with Gasteiger partial charge < -0.3 is 20.3 Å². The van der Waals surface area contributed by atoms with Gasteiger partial charge in [0.25, 0.3) is 11.5 Å². The van der Waals surface area contributed by atoms with Crippen molar-refractivity contribution in [3.8, 4) is 0 Å². The molecule has 2 fully saturated rings. The molecule has 0 radical (unpaired) electrons. The fourth-order valence-electron chi connectivity index (χ4n) is 7.07. The first kappa shape index (κ1) is 32.4. The Morgan fingerprint density at radius 1 is 1.06 bits per heavy atom. The van der Waals surface area contributed by atoms with Gasteiger partial charge in [-0.2, -0.15) is 0 Å². The number of hydrogen-bond acceptors (Lipinski definition) is 7. The van der Waals surface area contributed by atoms with E-state index in [0.717, 1.165) is 5.56 Å². The summed E-state index contributed by atoms with van der Waals surface area (Å²) < 4.78 is 6.85. The quantitative estimate of drug-likeness (QED) is 0.368. The van der Waals surface area contributed by atoms with E-state index in [1.807, 2.05) is 37.3 Å². The molecule has 248 valence electrons. The number of aromatic nitrogens is 3. The van der Waals surface area contributed by atoms with Crippen molar-refractivity contribution in [3.05, 3.63) is 86.2 Å². The van der Waals surface area contributed by atoms with Gasteiger partial charge in [0.2, 0.25) is 11.8 Å². The maximum Gasteiger partial charge on any atom is 0.329 e. The van der Waals surface area contributed by atoms with Crippen LogP contribution in [0.15, 0.2) is 58.1 Å². The molecule has 3 atom stereocenters. The number of pyridine rings is 1. The van der Waals surface area contributed by atoms with Crippen LogP contribution in [-0.2, 0) is 34.2 Å². The van der Waals surface area contributed by atoms with Gasteiger partial charge in [-0.3, -0.25) is 28.7 Å². The van der Waals surface area contributed by atoms with E-state index in [4.69, 9.17) is 4.74 Å². The highest BCUT2D eigenvalue weighted by Crippen LogP contribution is 2.36. The number of hydrogen-bond donors (Lipinski definition) is 3. The van der Waals surface area contributed by atoms with Crippen molar-refractivity contribution in [3.63, 3.8) is 0 Å². The Kier molecular flexibility index (Phi) is 9.40. The lowest BCUT2D eigenvalue weighted by Gasteiger charge is -2.40. The topological polar surface area (TPSA) is 155 Å². The van der Waals surface area contributed by atoms with Crippen molar-refractivity contribution in [2.24, 2.45) is 18.4 Å². The summed E-state index contributed by atoms with van der Waals surface area (Å²) in [5.74, 6) is -0.787. The normalized spacial score (nSPS) is 24.0. The van der Waals surface area contributed by atoms with Gasteiger partial charge in [0.05, 0.1) is 16.4 Å². The fourth-order valence-corrected chi connectivity index (χ4v) is 7.07. The predicted octanol–water partition coefficient (Wildman–Crippen LogP) is 2.01. The maximum absolute atomic E-state index is 14.1. The number of aromatic amines is 1. The van der Waals surface area contributed by atoms with E-state index in [-0.39, 0.29) is 46.3 Å². The Morgan fingerprint density at radius 3 is 2.57 bits per heavy atom. The van der Waals surface area contributed by atoms with Gasteiger partial charge >= 0.3 is 5.69 Å². The minimum atomic E-state index is -0.762. The largest absolute Gasteiger partial charge is 0.381 e. The first-order valence-corrected chi connectivity index (χ1v) is 16.5. The number of amides is 3. The van der Waals surface area contributed by atoms with Crippen LogP contribution in [0.1, 0.15) is 60.6 Å². The summed E-state index contributed by atoms with van der Waals surface area (Å²) in [6.45, 7) is 3.59. The molecule has 2 aromatic heterocycles. The predicted molar refractivity (Wildman–Crippen MR) is 176 cm³/mol. The second-order valence-corrected chi connectivity index (χ2v) is 13.0. The minimum absolute atomic E-state index is 0.0876. The van der Waals surface area contributed by atoms with Crippen LogP contribution in [0.25, 0.3) is 11.0 Å². The third-order valence-electron chi connectivity index (χ3n) is 10.0. The third-order valence-corrected chi connectivity index (χ3v) is 10.0. The molecule has 0 saturated carbocycles. The molecule has 3 amide bonds. The highest BCUT2D eigenvalue weighted by Gasteiger charge is 2.42. The highest BCUT2D eigenvalue weighted by atomic mass is 16.5. The molecule has 1 aromatic carbocycles. The summed E-state index contributed by atoms with van der Waals surface area (Å²) in [5, 5.41) is 6.43. The molecule has 12 heteroatoms. The summed E-state index contributed by atoms with van der Waals surface area (Å²) in [6.07, 6.45) is 7.77. The van der Waals surface area contributed by atoms with Gasteiger partial charge in [-0.15, -0.1) is 0 Å². The molecule has 0 bridgehead atoms. The van der Waals surface area contributed by atoms with E-state index in [2.05, 4.69) is 32.8 Å². The zero-order valence-corrected chi connectivity index (χ0v) is 26.9. The molecule has 5 heterocycles. The van der Waals surface area contributed by atoms with Crippen LogP contribution in [0.3, 0.4) is 0 Å². The standard InChI is InChI=1S/C35H42N6O6/c1-3-24-20-25(28-29(36-24)40(2)34(46)39-31(28)43)32(44)41-16-12-26-23(21-41)11-7-8-13-35(14-17-47-18-15-35)33(45)38-27(30(42)37-26)19-22-9-5-4-6-10-22/h4-10,20,23,26-27H,3,11-19,21H2,1-2H3,(H,37,42)(H,38,45)(H,39,43,46)/b8-7+/t23-,26+,27+/m1/s1. The van der Waals surface area contributed by atoms with E-state index < -0.39 is 22.7 Å². The average molecular weight is 643 g/mol. The second kappa shape index (κ2) is 13.6. The van der Waals surface area contributed by atoms with E-state index in [1.54, 1.807) is 11.0 Å². The Bertz CT molecular complexity index is 1810. The molecule has 3 aromatic rings. The van der Waals surface area contributed by atoms with Gasteiger partial charge in [0, 0.05) is 57.4 Å². The molecule has 6 rings (SSSR count). The van der Waals surface area contributed by atoms with Crippen molar-refractivity contribution >= 4 is 28.8 Å². The number of H-pyrrole nitrogens is 1. The fraction of sp³-hybridized carbons (Fsp3) is 0.486. The number of allylic oxidation sites excluding steroid dienone is 2. The Labute approximate surface area is 272 Å². The number of ether oxygens (including phenoxy) is 1. The van der Waals surface area contributed by atoms with Crippen molar-refractivity contribution in [2.45, 2.75) is 64.0 Å². The van der Waals surface area contributed by atoms with Crippen LogP contribution in [0, 0.1) is 11.3 Å². The van der Waals surface area contributed by atoms with Crippen LogP contribution < -0.4 is 21.9 Å². The Balaban J connectivity index is 1.30. The van der Waals surface area contributed by atoms with E-state index in [1.165, 1.54) is 11.6 Å². The first-order chi connectivity index (χ1) is 22.7. The summed E-state index contributed by atoms with van der Waals surface area (Å²) in [5.41, 5.74) is 0.0262. The molecule has 0 aliphatic carbocycles. The SMILES string of the molecule is CCc1cc(C(=O)N2CC[C@@H]3NC(=O)[C@H](Cc4ccccc4)NC(=O)C4(C/C=C/C[C@@H]3C2)CCOCC4)c2c(=O)[nH]c(=O)n(C)c2n1. The van der Waals surface area contributed by atoms with E-state index in [9.17, 15) is 24.0 Å². The van der Waals surface area contributed by atoms with Gasteiger partial charge in [0.15, 0.2) is 0 Å². The number of aryl methyl sites for hydroxylation is 2. The van der Waals surface area contributed by atoms with Crippen molar-refractivity contribution < 1.29 is 19.1 Å². The lowest BCUT2D eigenvalue weighted by atomic mass is 9.75. The summed E-state index contributed by atoms with van der Waals surface area (Å²) in [7, 11) is 1.52. The summed E-state index contributed by atoms with van der Waals surface area (Å²) >= 11 is 0. The lowest BCUT2D eigenvalue weighted by Crippen LogP contribution is -2.58. The number of likely N-dealkylation sites (tertiary alicyclic amines) is 1. The van der Waals surface area contributed by atoms with Crippen LogP contribution in [0.2, 0.25) is 0 Å². The van der Waals surface area contributed by atoms with Gasteiger partial charge in [0.1, 0.15) is 11.7 Å². The van der Waals surface area contributed by atoms with E-state index >= 15 is 0 Å². The molecular formula is C35H42N6O6. The smallest absolute Gasteiger partial charge is 0.329 e. The van der Waals surface area contributed by atoms with Gasteiger partial charge in [-0.05, 0) is 50.2 Å². The number of nitrogens with zero attached hydrogens (tertiary/aromatic N) is 3. The zero-order chi connectivity index (χ0) is 33.1. The lowest BCUT2D eigenvalue weighted by molar-refractivity contribution is -0.140. The molecule has 1 spiro atoms. The molecule has 0 unspecified atom stereocenters. The maximum atomic E-state index is 14.1. The van der Waals surface area contributed by atoms with Crippen molar-refractivity contribution in [1.29, 1.82) is 0 Å². The number of fused-ring (bicyclic) bond motifs is 2. The van der Waals surface area contributed by atoms with Crippen molar-refractivity contribution in [2.75, 3.05) is 26.3 Å². The zero-order valence-electron chi connectivity index (χ0n) is 26.9. The second-order valence-electron chi connectivity index (χ2n) is 13.0. The molecule has 2 saturated heterocycles. The number of carbonyl (C=O) groups excluding carboxylic acids is 3. The molecule has 3 aliphatic rings. The monoisotopic (exact) mass is 642 g/mol. The summed E-state index contributed by atoms with van der Waals surface area (Å²) in [4.78, 5) is 75.7. The number of piperidine rings is 1. The Hall–Kier alpha value is -4.58. The van der Waals surface area contributed by atoms with E-state index in [0.29, 0.717) is 76.9 Å². The molecular weight excluding hydrogens is 600 g/mol. The number of benzene rings is 1. The summed E-state index contributed by atoms with van der Waals surface area (Å²) in [6, 6.07) is 10.3. The Morgan fingerprint density at radius 2 is 1.83 bits per heavy atom. The minimum Gasteiger partial charge on any atom is -0.381 e. The molecule has 3 aliphatic heterocycles. The van der Waals surface area contributed by atoms with Crippen LogP contribution in [0.5, 0.6) is 0 Å². The van der Waals surface area contributed by atoms with Crippen LogP contribution >= 0.6 is 0 Å². The van der Waals surface area contributed by atoms with Crippen LogP contribution in [-0.4, -0.2) is 75.5 Å². The van der Waals surface area contributed by atoms with Gasteiger partial charge in [-0.1, -0.05) is 49.4 Å². The first-order valence-electron chi connectivity index (χ1n) is 16.5. The number of carbonyl (C=O) groups is 3. The number of rotatable bonds is 4. The number of nitrogens with one attached hydrogen (secondary N) is 3. The molecule has 3 N–H and O–H groups in total. The molecule has 47 heavy (non-hydrogen) atoms. The third kappa shape index (κ3) is 6.64. The average Bonchev–Trinajstić information content (AvgIpc) is 3.08. The highest BCUT2D eigenvalue weighted by molar-refractivity contribution is 6.05. The van der Waals surface area contributed by atoms with Crippen LogP contribution in [0.4, 0.5) is 0 Å². The van der Waals surface area contributed by atoms with Gasteiger partial charge in [-0.25, -0.2) is 9.78 Å². The molecule has 12 nitrogen and oxygen atoms in total.